The van der Waals surface area contributed by atoms with Crippen LogP contribution < -0.4 is 15.4 Å². The summed E-state index contributed by atoms with van der Waals surface area (Å²) in [7, 11) is -1.48. The van der Waals surface area contributed by atoms with E-state index in [1.54, 1.807) is 33.0 Å². The fraction of sp³-hybridized carbons (Fsp3) is 0.533. The van der Waals surface area contributed by atoms with Crippen molar-refractivity contribution in [3.8, 4) is 0 Å². The molecule has 0 radical (unpaired) electrons. The molecule has 1 aromatic carbocycles. The van der Waals surface area contributed by atoms with E-state index in [1.165, 1.54) is 6.07 Å². The molecule has 0 amide bonds. The van der Waals surface area contributed by atoms with Crippen LogP contribution in [-0.4, -0.2) is 40.3 Å². The molecule has 3 N–H and O–H groups in total. The predicted octanol–water partition coefficient (Wildman–Crippen LogP) is 1.75. The lowest BCUT2D eigenvalue weighted by Crippen LogP contribution is -2.38. The van der Waals surface area contributed by atoms with Gasteiger partial charge in [-0.15, -0.1) is 24.0 Å². The van der Waals surface area contributed by atoms with Crippen molar-refractivity contribution in [2.24, 2.45) is 4.99 Å². The van der Waals surface area contributed by atoms with Crippen molar-refractivity contribution in [3.05, 3.63) is 35.1 Å². The summed E-state index contributed by atoms with van der Waals surface area (Å²) in [6, 6.07) is 4.96. The first kappa shape index (κ1) is 23.1. The molecule has 0 aromatic heterocycles. The van der Waals surface area contributed by atoms with Crippen molar-refractivity contribution in [3.63, 3.8) is 0 Å². The second kappa shape index (κ2) is 11.6. The molecule has 0 heterocycles. The van der Waals surface area contributed by atoms with E-state index < -0.39 is 10.0 Å². The Hall–Kier alpha value is -0.940. The van der Waals surface area contributed by atoms with E-state index in [1.807, 2.05) is 0 Å². The standard InChI is InChI=1S/C15H25FN4O2S.HI/c1-4-23(21,22)20-9-5-8-18-15(17-3)19-11-13-6-7-14(16)12(2)10-13;/h6-7,10,20H,4-5,8-9,11H2,1-3H3,(H2,17,18,19);1H. The Bertz CT molecular complexity index is 638. The number of rotatable bonds is 8. The fourth-order valence-electron chi connectivity index (χ4n) is 1.85. The Morgan fingerprint density at radius 2 is 1.96 bits per heavy atom. The van der Waals surface area contributed by atoms with Crippen LogP contribution in [0.15, 0.2) is 23.2 Å². The monoisotopic (exact) mass is 472 g/mol. The van der Waals surface area contributed by atoms with Crippen molar-refractivity contribution in [2.45, 2.75) is 26.8 Å². The Kier molecular flexibility index (Phi) is 11.1. The zero-order valence-electron chi connectivity index (χ0n) is 14.2. The number of benzene rings is 1. The molecule has 0 fully saturated rings. The maximum Gasteiger partial charge on any atom is 0.211 e. The molecule has 0 unspecified atom stereocenters. The van der Waals surface area contributed by atoms with Crippen LogP contribution in [0.25, 0.3) is 0 Å². The number of nitrogens with zero attached hydrogens (tertiary/aromatic N) is 1. The zero-order chi connectivity index (χ0) is 17.3. The first-order valence-electron chi connectivity index (χ1n) is 7.55. The van der Waals surface area contributed by atoms with E-state index in [0.29, 0.717) is 37.6 Å². The van der Waals surface area contributed by atoms with Crippen molar-refractivity contribution in [2.75, 3.05) is 25.9 Å². The molecule has 0 bridgehead atoms. The van der Waals surface area contributed by atoms with E-state index in [9.17, 15) is 12.8 Å². The van der Waals surface area contributed by atoms with Crippen molar-refractivity contribution >= 4 is 40.0 Å². The van der Waals surface area contributed by atoms with E-state index in [4.69, 9.17) is 0 Å². The van der Waals surface area contributed by atoms with Crippen LogP contribution in [0.3, 0.4) is 0 Å². The number of hydrogen-bond acceptors (Lipinski definition) is 3. The average molecular weight is 472 g/mol. The quantitative estimate of drug-likeness (QED) is 0.233. The number of hydrogen-bond donors (Lipinski definition) is 3. The van der Waals surface area contributed by atoms with E-state index in [0.717, 1.165) is 5.56 Å². The minimum absolute atomic E-state index is 0. The molecule has 0 atom stereocenters. The van der Waals surface area contributed by atoms with Crippen LogP contribution >= 0.6 is 24.0 Å². The summed E-state index contributed by atoms with van der Waals surface area (Å²) in [5.41, 5.74) is 1.57. The lowest BCUT2D eigenvalue weighted by Gasteiger charge is -2.12. The zero-order valence-corrected chi connectivity index (χ0v) is 17.4. The lowest BCUT2D eigenvalue weighted by atomic mass is 10.1. The van der Waals surface area contributed by atoms with Gasteiger partial charge in [0.05, 0.1) is 5.75 Å². The van der Waals surface area contributed by atoms with Crippen molar-refractivity contribution in [1.82, 2.24) is 15.4 Å². The molecule has 0 saturated heterocycles. The number of sulfonamides is 1. The topological polar surface area (TPSA) is 82.6 Å². The number of aryl methyl sites for hydroxylation is 1. The molecular formula is C15H26FIN4O2S. The third-order valence-electron chi connectivity index (χ3n) is 3.25. The molecule has 1 rings (SSSR count). The maximum absolute atomic E-state index is 13.2. The normalized spacial score (nSPS) is 11.8. The summed E-state index contributed by atoms with van der Waals surface area (Å²) >= 11 is 0. The Labute approximate surface area is 160 Å². The summed E-state index contributed by atoms with van der Waals surface area (Å²) < 4.78 is 38.3. The van der Waals surface area contributed by atoms with Gasteiger partial charge < -0.3 is 10.6 Å². The second-order valence-corrected chi connectivity index (χ2v) is 7.18. The highest BCUT2D eigenvalue weighted by atomic mass is 127. The summed E-state index contributed by atoms with van der Waals surface area (Å²) in [5.74, 6) is 0.483. The van der Waals surface area contributed by atoms with Crippen molar-refractivity contribution in [1.29, 1.82) is 0 Å². The van der Waals surface area contributed by atoms with Gasteiger partial charge in [-0.25, -0.2) is 17.5 Å². The van der Waals surface area contributed by atoms with Gasteiger partial charge in [-0.2, -0.15) is 0 Å². The number of nitrogens with one attached hydrogen (secondary N) is 3. The minimum atomic E-state index is -3.13. The highest BCUT2D eigenvalue weighted by Gasteiger charge is 2.05. The van der Waals surface area contributed by atoms with Gasteiger partial charge >= 0.3 is 0 Å². The predicted molar refractivity (Wildman–Crippen MR) is 107 cm³/mol. The molecular weight excluding hydrogens is 446 g/mol. The highest BCUT2D eigenvalue weighted by Crippen LogP contribution is 2.08. The fourth-order valence-corrected chi connectivity index (χ4v) is 2.51. The summed E-state index contributed by atoms with van der Waals surface area (Å²) in [4.78, 5) is 4.09. The van der Waals surface area contributed by atoms with Crippen LogP contribution in [0.2, 0.25) is 0 Å². The number of halogens is 2. The molecule has 0 aliphatic rings. The number of aliphatic imine (C=N–C) groups is 1. The molecule has 0 aliphatic heterocycles. The van der Waals surface area contributed by atoms with Gasteiger partial charge in [0.2, 0.25) is 10.0 Å². The summed E-state index contributed by atoms with van der Waals surface area (Å²) in [6.45, 7) is 4.84. The van der Waals surface area contributed by atoms with Gasteiger partial charge in [0.15, 0.2) is 5.96 Å². The smallest absolute Gasteiger partial charge is 0.211 e. The third kappa shape index (κ3) is 8.78. The SMILES string of the molecule is CCS(=O)(=O)NCCCNC(=NC)NCc1ccc(F)c(C)c1.I. The van der Waals surface area contributed by atoms with E-state index in [-0.39, 0.29) is 35.5 Å². The van der Waals surface area contributed by atoms with Crippen LogP contribution in [0.1, 0.15) is 24.5 Å². The largest absolute Gasteiger partial charge is 0.356 e. The van der Waals surface area contributed by atoms with Crippen LogP contribution in [0.4, 0.5) is 4.39 Å². The van der Waals surface area contributed by atoms with Crippen molar-refractivity contribution < 1.29 is 12.8 Å². The van der Waals surface area contributed by atoms with Gasteiger partial charge in [-0.3, -0.25) is 4.99 Å². The Morgan fingerprint density at radius 1 is 1.25 bits per heavy atom. The van der Waals surface area contributed by atoms with Gasteiger partial charge in [-0.1, -0.05) is 12.1 Å². The van der Waals surface area contributed by atoms with Gasteiger partial charge in [0.1, 0.15) is 5.82 Å². The molecule has 6 nitrogen and oxygen atoms in total. The molecule has 0 spiro atoms. The highest BCUT2D eigenvalue weighted by molar-refractivity contribution is 14.0. The molecule has 0 aliphatic carbocycles. The summed E-state index contributed by atoms with van der Waals surface area (Å²) in [6.07, 6.45) is 0.648. The number of guanidine groups is 1. The molecule has 138 valence electrons. The van der Waals surface area contributed by atoms with Crippen LogP contribution in [-0.2, 0) is 16.6 Å². The summed E-state index contributed by atoms with van der Waals surface area (Å²) in [5, 5.41) is 6.23. The molecule has 0 saturated carbocycles. The first-order chi connectivity index (χ1) is 10.9. The lowest BCUT2D eigenvalue weighted by molar-refractivity contribution is 0.579. The minimum Gasteiger partial charge on any atom is -0.356 e. The van der Waals surface area contributed by atoms with Gasteiger partial charge in [0, 0.05) is 26.7 Å². The van der Waals surface area contributed by atoms with Crippen LogP contribution in [0.5, 0.6) is 0 Å². The first-order valence-corrected chi connectivity index (χ1v) is 9.20. The van der Waals surface area contributed by atoms with E-state index in [2.05, 4.69) is 20.3 Å². The average Bonchev–Trinajstić information content (AvgIpc) is 2.53. The second-order valence-electron chi connectivity index (χ2n) is 5.09. The molecule has 9 heteroatoms. The maximum atomic E-state index is 13.2. The molecule has 24 heavy (non-hydrogen) atoms. The Morgan fingerprint density at radius 3 is 2.54 bits per heavy atom. The van der Waals surface area contributed by atoms with Crippen LogP contribution in [0, 0.1) is 12.7 Å². The third-order valence-corrected chi connectivity index (χ3v) is 4.66. The Balaban J connectivity index is 0.00000529. The van der Waals surface area contributed by atoms with E-state index >= 15 is 0 Å². The molecule has 1 aromatic rings. The van der Waals surface area contributed by atoms with Gasteiger partial charge in [-0.05, 0) is 37.5 Å². The van der Waals surface area contributed by atoms with Gasteiger partial charge in [0.25, 0.3) is 0 Å².